The molecule has 0 heterocycles. The second kappa shape index (κ2) is 11.1. The number of ether oxygens (including phenoxy) is 3. The Kier molecular flexibility index (Phi) is 8.40. The van der Waals surface area contributed by atoms with Crippen LogP contribution in [-0.4, -0.2) is 44.0 Å². The van der Waals surface area contributed by atoms with E-state index >= 15 is 0 Å². The van der Waals surface area contributed by atoms with Crippen molar-refractivity contribution in [2.24, 2.45) is 52.3 Å². The van der Waals surface area contributed by atoms with E-state index in [9.17, 15) is 19.2 Å². The van der Waals surface area contributed by atoms with E-state index in [1.54, 1.807) is 6.92 Å². The maximum Gasteiger partial charge on any atom is 0.315 e. The van der Waals surface area contributed by atoms with Crippen LogP contribution in [0.25, 0.3) is 0 Å². The number of carbonyl (C=O) groups is 4. The van der Waals surface area contributed by atoms with Gasteiger partial charge in [0.2, 0.25) is 0 Å². The molecular weight excluding hydrogens is 472 g/mol. The monoisotopic (exact) mass is 518 g/mol. The Balaban J connectivity index is 1.50. The molecule has 0 aliphatic heterocycles. The van der Waals surface area contributed by atoms with Crippen LogP contribution in [0.5, 0.6) is 0 Å². The Morgan fingerprint density at radius 1 is 0.919 bits per heavy atom. The van der Waals surface area contributed by atoms with Crippen LogP contribution in [-0.2, 0) is 33.4 Å². The Morgan fingerprint density at radius 3 is 2.27 bits per heavy atom. The number of fused-ring (bicyclic) bond motifs is 5. The van der Waals surface area contributed by atoms with Gasteiger partial charge in [0, 0.05) is 12.3 Å². The zero-order valence-electron chi connectivity index (χ0n) is 23.3. The van der Waals surface area contributed by atoms with Crippen molar-refractivity contribution in [3.8, 4) is 0 Å². The molecule has 4 rings (SSSR count). The van der Waals surface area contributed by atoms with Crippen molar-refractivity contribution in [1.82, 2.24) is 0 Å². The fraction of sp³-hybridized carbons (Fsp3) is 0.867. The first-order valence-corrected chi connectivity index (χ1v) is 14.4. The van der Waals surface area contributed by atoms with Gasteiger partial charge in [-0.05, 0) is 105 Å². The predicted molar refractivity (Wildman–Crippen MR) is 137 cm³/mol. The lowest BCUT2D eigenvalue weighted by atomic mass is 9.43. The number of methoxy groups -OCH3 is 1. The van der Waals surface area contributed by atoms with Gasteiger partial charge in [-0.2, -0.15) is 0 Å². The number of ketones is 1. The van der Waals surface area contributed by atoms with Crippen molar-refractivity contribution in [2.75, 3.05) is 7.11 Å². The van der Waals surface area contributed by atoms with E-state index in [0.717, 1.165) is 57.8 Å². The van der Waals surface area contributed by atoms with E-state index in [1.165, 1.54) is 7.11 Å². The number of esters is 1. The molecule has 0 radical (unpaired) electrons. The van der Waals surface area contributed by atoms with Crippen LogP contribution in [0.15, 0.2) is 0 Å². The van der Waals surface area contributed by atoms with E-state index < -0.39 is 11.9 Å². The molecule has 4 fully saturated rings. The maximum atomic E-state index is 12.6. The molecule has 0 aromatic heterocycles. The van der Waals surface area contributed by atoms with E-state index in [1.807, 2.05) is 0 Å². The molecule has 0 saturated heterocycles. The minimum absolute atomic E-state index is 0.0285. The highest BCUT2D eigenvalue weighted by Crippen LogP contribution is 2.68. The minimum atomic E-state index is -0.705. The molecule has 4 aliphatic carbocycles. The molecule has 0 spiro atoms. The Hall–Kier alpha value is -1.92. The van der Waals surface area contributed by atoms with Crippen molar-refractivity contribution in [3.63, 3.8) is 0 Å². The highest BCUT2D eigenvalue weighted by molar-refractivity contribution is 5.98. The molecule has 4 aliphatic rings. The molecule has 0 aromatic carbocycles. The largest absolute Gasteiger partial charge is 0.468 e. The number of hydrogen-bond donors (Lipinski definition) is 0. The van der Waals surface area contributed by atoms with Crippen molar-refractivity contribution < 1.29 is 33.4 Å². The van der Waals surface area contributed by atoms with Crippen molar-refractivity contribution >= 4 is 24.7 Å². The zero-order valence-corrected chi connectivity index (χ0v) is 23.3. The van der Waals surface area contributed by atoms with Gasteiger partial charge in [-0.3, -0.25) is 19.2 Å². The molecular formula is C30H46O7. The average Bonchev–Trinajstić information content (AvgIpc) is 3.24. The summed E-state index contributed by atoms with van der Waals surface area (Å²) in [5.41, 5.74) is 0.334. The van der Waals surface area contributed by atoms with E-state index in [-0.39, 0.29) is 28.8 Å². The summed E-state index contributed by atoms with van der Waals surface area (Å²) in [6, 6.07) is 0. The van der Waals surface area contributed by atoms with Gasteiger partial charge < -0.3 is 14.2 Å². The lowest BCUT2D eigenvalue weighted by Crippen LogP contribution is -2.59. The predicted octanol–water partition coefficient (Wildman–Crippen LogP) is 5.13. The lowest BCUT2D eigenvalue weighted by molar-refractivity contribution is -0.190. The molecule has 7 heteroatoms. The van der Waals surface area contributed by atoms with Gasteiger partial charge in [-0.25, -0.2) is 0 Å². The van der Waals surface area contributed by atoms with Crippen LogP contribution < -0.4 is 0 Å². The lowest BCUT2D eigenvalue weighted by Gasteiger charge is -2.62. The Bertz CT molecular complexity index is 872. The standard InChI is InChI=1S/C30H46O7/c1-18(6-9-25(33)19(2)28(34)35-5)22-7-8-23-27-24(11-13-30(22,23)4)29(3)12-10-21(36-16-31)14-20(29)15-26(27)37-17-32/h16-24,26-27H,6-15H2,1-5H3/t18-,19?,20+,21-,22-,23+,24+,26-,27+,29+,30-/m1/s1. The van der Waals surface area contributed by atoms with Gasteiger partial charge in [-0.1, -0.05) is 20.8 Å². The Labute approximate surface area is 221 Å². The Morgan fingerprint density at radius 2 is 1.59 bits per heavy atom. The van der Waals surface area contributed by atoms with Gasteiger partial charge in [0.05, 0.1) is 7.11 Å². The molecule has 0 aromatic rings. The molecule has 7 nitrogen and oxygen atoms in total. The van der Waals surface area contributed by atoms with Crippen molar-refractivity contribution in [1.29, 1.82) is 0 Å². The van der Waals surface area contributed by atoms with E-state index in [4.69, 9.17) is 14.2 Å². The van der Waals surface area contributed by atoms with Gasteiger partial charge >= 0.3 is 5.97 Å². The van der Waals surface area contributed by atoms with Gasteiger partial charge in [0.1, 0.15) is 23.9 Å². The van der Waals surface area contributed by atoms with E-state index in [2.05, 4.69) is 20.8 Å². The summed E-state index contributed by atoms with van der Waals surface area (Å²) >= 11 is 0. The van der Waals surface area contributed by atoms with Crippen LogP contribution in [0.2, 0.25) is 0 Å². The third kappa shape index (κ3) is 4.96. The number of carbonyl (C=O) groups excluding carboxylic acids is 4. The highest BCUT2D eigenvalue weighted by Gasteiger charge is 2.63. The van der Waals surface area contributed by atoms with E-state index in [0.29, 0.717) is 54.9 Å². The number of rotatable bonds is 10. The van der Waals surface area contributed by atoms with Crippen molar-refractivity contribution in [2.45, 2.75) is 104 Å². The summed E-state index contributed by atoms with van der Waals surface area (Å²) in [5.74, 6) is 1.43. The average molecular weight is 519 g/mol. The molecule has 11 atom stereocenters. The first-order chi connectivity index (χ1) is 17.6. The highest BCUT2D eigenvalue weighted by atomic mass is 16.5. The van der Waals surface area contributed by atoms with Crippen molar-refractivity contribution in [3.05, 3.63) is 0 Å². The SMILES string of the molecule is COC(=O)C(C)C(=O)CC[C@@H](C)[C@H]1CC[C@H]2[C@@H]3[C@H](OC=O)C[C@@H]4C[C@H](OC=O)CC[C@]4(C)[C@H]3CC[C@]12C. The summed E-state index contributed by atoms with van der Waals surface area (Å²) in [7, 11) is 1.32. The number of hydrogen-bond acceptors (Lipinski definition) is 7. The molecule has 0 amide bonds. The molecule has 37 heavy (non-hydrogen) atoms. The molecule has 208 valence electrons. The maximum absolute atomic E-state index is 12.6. The fourth-order valence-corrected chi connectivity index (χ4v) is 9.65. The number of Topliss-reactive ketones (excluding diaryl/α,β-unsaturated/α-hetero) is 1. The first kappa shape index (κ1) is 28.1. The zero-order chi connectivity index (χ0) is 27.0. The summed E-state index contributed by atoms with van der Waals surface area (Å²) in [5, 5.41) is 0. The molecule has 4 saturated carbocycles. The normalized spacial score (nSPS) is 42.2. The quantitative estimate of drug-likeness (QED) is 0.171. The van der Waals surface area contributed by atoms with Crippen LogP contribution in [0.3, 0.4) is 0 Å². The van der Waals surface area contributed by atoms with Gasteiger partial charge in [0.15, 0.2) is 0 Å². The van der Waals surface area contributed by atoms with Crippen LogP contribution in [0.4, 0.5) is 0 Å². The summed E-state index contributed by atoms with van der Waals surface area (Å²) in [6.07, 6.45) is 9.30. The smallest absolute Gasteiger partial charge is 0.315 e. The second-order valence-electron chi connectivity index (χ2n) is 13.1. The minimum Gasteiger partial charge on any atom is -0.468 e. The summed E-state index contributed by atoms with van der Waals surface area (Å²) in [4.78, 5) is 47.0. The second-order valence-corrected chi connectivity index (χ2v) is 13.1. The fourth-order valence-electron chi connectivity index (χ4n) is 9.65. The first-order valence-electron chi connectivity index (χ1n) is 14.4. The summed E-state index contributed by atoms with van der Waals surface area (Å²) < 4.78 is 16.0. The summed E-state index contributed by atoms with van der Waals surface area (Å²) in [6.45, 7) is 10.0. The van der Waals surface area contributed by atoms with Gasteiger partial charge in [0.25, 0.3) is 12.9 Å². The third-order valence-electron chi connectivity index (χ3n) is 11.7. The molecule has 1 unspecified atom stereocenters. The van der Waals surface area contributed by atoms with Crippen LogP contribution >= 0.6 is 0 Å². The molecule has 0 N–H and O–H groups in total. The molecule has 0 bridgehead atoms. The topological polar surface area (TPSA) is 96.0 Å². The van der Waals surface area contributed by atoms with Gasteiger partial charge in [-0.15, -0.1) is 0 Å². The van der Waals surface area contributed by atoms with Crippen LogP contribution in [0.1, 0.15) is 91.9 Å². The third-order valence-corrected chi connectivity index (χ3v) is 11.7. The van der Waals surface area contributed by atoms with Crippen LogP contribution in [0, 0.1) is 52.3 Å².